The third-order valence-electron chi connectivity index (χ3n) is 3.52. The van der Waals surface area contributed by atoms with Crippen LogP contribution in [-0.4, -0.2) is 55.5 Å². The summed E-state index contributed by atoms with van der Waals surface area (Å²) in [5.74, 6) is -0.0180. The maximum absolute atomic E-state index is 11.9. The van der Waals surface area contributed by atoms with E-state index in [2.05, 4.69) is 22.2 Å². The number of hydrogen-bond acceptors (Lipinski definition) is 4. The number of benzene rings is 1. The second-order valence-corrected chi connectivity index (χ2v) is 5.59. The van der Waals surface area contributed by atoms with E-state index in [1.54, 1.807) is 18.2 Å². The highest BCUT2D eigenvalue weighted by molar-refractivity contribution is 6.34. The van der Waals surface area contributed by atoms with Crippen LogP contribution in [-0.2, 0) is 4.79 Å². The summed E-state index contributed by atoms with van der Waals surface area (Å²) in [6.07, 6.45) is 0.477. The van der Waals surface area contributed by atoms with Gasteiger partial charge in [-0.05, 0) is 25.2 Å². The number of carbonyl (C=O) groups excluding carboxylic acids is 1. The van der Waals surface area contributed by atoms with Crippen LogP contribution in [0.1, 0.15) is 6.42 Å². The van der Waals surface area contributed by atoms with Crippen molar-refractivity contribution in [1.29, 1.82) is 0 Å². The van der Waals surface area contributed by atoms with E-state index in [1.165, 1.54) is 0 Å². The molecule has 1 saturated heterocycles. The van der Waals surface area contributed by atoms with Crippen LogP contribution in [0.5, 0.6) is 0 Å². The molecule has 0 saturated carbocycles. The molecule has 6 heteroatoms. The summed E-state index contributed by atoms with van der Waals surface area (Å²) in [7, 11) is 2.12. The molecule has 110 valence electrons. The smallest absolute Gasteiger partial charge is 0.225 e. The van der Waals surface area contributed by atoms with Crippen LogP contribution in [0.25, 0.3) is 0 Å². The van der Waals surface area contributed by atoms with Crippen molar-refractivity contribution in [3.63, 3.8) is 0 Å². The van der Waals surface area contributed by atoms with E-state index < -0.39 is 0 Å². The number of nitrogens with zero attached hydrogens (tertiary/aromatic N) is 2. The topological polar surface area (TPSA) is 61.6 Å². The van der Waals surface area contributed by atoms with Crippen LogP contribution in [0.4, 0.5) is 11.4 Å². The van der Waals surface area contributed by atoms with E-state index in [-0.39, 0.29) is 5.91 Å². The lowest BCUT2D eigenvalue weighted by Gasteiger charge is -2.32. The minimum atomic E-state index is -0.0180. The zero-order chi connectivity index (χ0) is 14.5. The summed E-state index contributed by atoms with van der Waals surface area (Å²) in [4.78, 5) is 16.5. The summed E-state index contributed by atoms with van der Waals surface area (Å²) >= 11 is 6.03. The number of piperazine rings is 1. The molecule has 0 unspecified atom stereocenters. The zero-order valence-corrected chi connectivity index (χ0v) is 12.5. The summed E-state index contributed by atoms with van der Waals surface area (Å²) in [5, 5.41) is 3.29. The van der Waals surface area contributed by atoms with Crippen LogP contribution < -0.4 is 11.1 Å². The monoisotopic (exact) mass is 296 g/mol. The third kappa shape index (κ3) is 4.37. The van der Waals surface area contributed by atoms with E-state index in [4.69, 9.17) is 17.3 Å². The number of nitrogen functional groups attached to an aromatic ring is 1. The molecule has 1 aliphatic heterocycles. The Morgan fingerprint density at radius 2 is 2.05 bits per heavy atom. The average molecular weight is 297 g/mol. The standard InChI is InChI=1S/C14H21ClN4O/c1-18-6-8-19(9-7-18)5-4-14(20)17-13-3-2-11(16)10-12(13)15/h2-3,10H,4-9,16H2,1H3,(H,17,20). The molecule has 2 rings (SSSR count). The van der Waals surface area contributed by atoms with Crippen molar-refractivity contribution in [2.24, 2.45) is 0 Å². The Kier molecular flexibility index (Phi) is 5.23. The molecule has 1 aromatic carbocycles. The van der Waals surface area contributed by atoms with Gasteiger partial charge in [0.2, 0.25) is 5.91 Å². The summed E-state index contributed by atoms with van der Waals surface area (Å²) in [6.45, 7) is 4.95. The van der Waals surface area contributed by atoms with Crippen LogP contribution >= 0.6 is 11.6 Å². The predicted octanol–water partition coefficient (Wildman–Crippen LogP) is 1.50. The number of anilines is 2. The maximum atomic E-state index is 11.9. The van der Waals surface area contributed by atoms with Crippen LogP contribution in [0, 0.1) is 0 Å². The molecule has 20 heavy (non-hydrogen) atoms. The van der Waals surface area contributed by atoms with Crippen LogP contribution in [0.15, 0.2) is 18.2 Å². The van der Waals surface area contributed by atoms with E-state index in [1.807, 2.05) is 0 Å². The molecular formula is C14H21ClN4O. The van der Waals surface area contributed by atoms with Gasteiger partial charge in [0.1, 0.15) is 0 Å². The van der Waals surface area contributed by atoms with Crippen molar-refractivity contribution in [3.05, 3.63) is 23.2 Å². The minimum Gasteiger partial charge on any atom is -0.399 e. The lowest BCUT2D eigenvalue weighted by Crippen LogP contribution is -2.45. The van der Waals surface area contributed by atoms with Crippen LogP contribution in [0.3, 0.4) is 0 Å². The Labute approximate surface area is 124 Å². The van der Waals surface area contributed by atoms with Gasteiger partial charge in [0, 0.05) is 44.8 Å². The molecule has 1 aliphatic rings. The molecule has 0 radical (unpaired) electrons. The quantitative estimate of drug-likeness (QED) is 0.827. The number of halogens is 1. The summed E-state index contributed by atoms with van der Waals surface area (Å²) in [5.41, 5.74) is 6.82. The average Bonchev–Trinajstić information content (AvgIpc) is 2.41. The highest BCUT2D eigenvalue weighted by Gasteiger charge is 2.15. The van der Waals surface area contributed by atoms with Gasteiger partial charge in [0.05, 0.1) is 10.7 Å². The first-order chi connectivity index (χ1) is 9.54. The second kappa shape index (κ2) is 6.92. The Morgan fingerprint density at radius 1 is 1.35 bits per heavy atom. The number of nitrogens with two attached hydrogens (primary N) is 1. The molecule has 1 amide bonds. The van der Waals surface area contributed by atoms with Gasteiger partial charge in [-0.15, -0.1) is 0 Å². The molecule has 3 N–H and O–H groups in total. The van der Waals surface area contributed by atoms with Gasteiger partial charge in [-0.25, -0.2) is 0 Å². The summed E-state index contributed by atoms with van der Waals surface area (Å²) in [6, 6.07) is 5.09. The molecule has 0 bridgehead atoms. The predicted molar refractivity (Wildman–Crippen MR) is 83.0 cm³/mol. The van der Waals surface area contributed by atoms with Crippen molar-refractivity contribution in [1.82, 2.24) is 9.80 Å². The fourth-order valence-electron chi connectivity index (χ4n) is 2.18. The highest BCUT2D eigenvalue weighted by atomic mass is 35.5. The number of likely N-dealkylation sites (N-methyl/N-ethyl adjacent to an activating group) is 1. The van der Waals surface area contributed by atoms with Gasteiger partial charge in [-0.2, -0.15) is 0 Å². The van der Waals surface area contributed by atoms with E-state index >= 15 is 0 Å². The molecule has 0 atom stereocenters. The van der Waals surface area contributed by atoms with Crippen molar-refractivity contribution in [2.45, 2.75) is 6.42 Å². The van der Waals surface area contributed by atoms with Crippen molar-refractivity contribution in [3.8, 4) is 0 Å². The van der Waals surface area contributed by atoms with Crippen LogP contribution in [0.2, 0.25) is 5.02 Å². The van der Waals surface area contributed by atoms with Gasteiger partial charge in [-0.3, -0.25) is 4.79 Å². The SMILES string of the molecule is CN1CCN(CCC(=O)Nc2ccc(N)cc2Cl)CC1. The Bertz CT molecular complexity index is 472. The number of hydrogen-bond donors (Lipinski definition) is 2. The van der Waals surface area contributed by atoms with E-state index in [9.17, 15) is 4.79 Å². The number of carbonyl (C=O) groups is 1. The maximum Gasteiger partial charge on any atom is 0.225 e. The Hall–Kier alpha value is -1.30. The highest BCUT2D eigenvalue weighted by Crippen LogP contribution is 2.24. The molecule has 0 aromatic heterocycles. The Morgan fingerprint density at radius 3 is 2.70 bits per heavy atom. The Balaban J connectivity index is 1.78. The first-order valence-electron chi connectivity index (χ1n) is 6.80. The lowest BCUT2D eigenvalue weighted by molar-refractivity contribution is -0.116. The van der Waals surface area contributed by atoms with Gasteiger partial charge in [0.25, 0.3) is 0 Å². The van der Waals surface area contributed by atoms with Crippen molar-refractivity contribution >= 4 is 28.9 Å². The van der Waals surface area contributed by atoms with Crippen molar-refractivity contribution in [2.75, 3.05) is 50.8 Å². The normalized spacial score (nSPS) is 17.1. The van der Waals surface area contributed by atoms with Gasteiger partial charge in [-0.1, -0.05) is 11.6 Å². The molecule has 1 aromatic rings. The van der Waals surface area contributed by atoms with Crippen molar-refractivity contribution < 1.29 is 4.79 Å². The molecule has 0 aliphatic carbocycles. The van der Waals surface area contributed by atoms with E-state index in [0.717, 1.165) is 32.7 Å². The molecule has 0 spiro atoms. The largest absolute Gasteiger partial charge is 0.399 e. The second-order valence-electron chi connectivity index (χ2n) is 5.18. The summed E-state index contributed by atoms with van der Waals surface area (Å²) < 4.78 is 0. The first-order valence-corrected chi connectivity index (χ1v) is 7.18. The first kappa shape index (κ1) is 15.1. The number of amides is 1. The minimum absolute atomic E-state index is 0.0180. The van der Waals surface area contributed by atoms with Gasteiger partial charge in [0.15, 0.2) is 0 Å². The van der Waals surface area contributed by atoms with E-state index in [0.29, 0.717) is 22.8 Å². The molecule has 1 fully saturated rings. The van der Waals surface area contributed by atoms with Gasteiger partial charge < -0.3 is 20.9 Å². The fraction of sp³-hybridized carbons (Fsp3) is 0.500. The molecular weight excluding hydrogens is 276 g/mol. The molecule has 5 nitrogen and oxygen atoms in total. The fourth-order valence-corrected chi connectivity index (χ4v) is 2.41. The number of rotatable bonds is 4. The zero-order valence-electron chi connectivity index (χ0n) is 11.7. The molecule has 1 heterocycles. The lowest BCUT2D eigenvalue weighted by atomic mass is 10.2. The van der Waals surface area contributed by atoms with Gasteiger partial charge >= 0.3 is 0 Å². The number of nitrogens with one attached hydrogen (secondary N) is 1. The third-order valence-corrected chi connectivity index (χ3v) is 3.83.